The highest BCUT2D eigenvalue weighted by molar-refractivity contribution is 8.00. The fourth-order valence-corrected chi connectivity index (χ4v) is 4.40. The molecule has 0 aliphatic heterocycles. The summed E-state index contributed by atoms with van der Waals surface area (Å²) in [7, 11) is 0. The summed E-state index contributed by atoms with van der Waals surface area (Å²) < 4.78 is 0. The Morgan fingerprint density at radius 2 is 1.84 bits per heavy atom. The molecule has 0 amide bonds. The standard InChI is InChI=1S/C16H26OS2/c1-3-5-12-18-16(9-4-2)15(17)13-19-14-10-7-6-8-11-14/h6-8,10-11,15-17H,3-5,9,12-13H2,1-2H3/t15-,16+/m0/s1. The molecule has 0 spiro atoms. The molecular formula is C16H26OS2. The van der Waals surface area contributed by atoms with E-state index in [0.717, 1.165) is 18.6 Å². The van der Waals surface area contributed by atoms with Crippen LogP contribution in [0, 0.1) is 0 Å². The maximum atomic E-state index is 10.4. The number of unbranched alkanes of at least 4 members (excludes halogenated alkanes) is 1. The van der Waals surface area contributed by atoms with Crippen molar-refractivity contribution >= 4 is 23.5 Å². The Labute approximate surface area is 126 Å². The summed E-state index contributed by atoms with van der Waals surface area (Å²) in [5, 5.41) is 10.8. The normalized spacial score (nSPS) is 14.3. The summed E-state index contributed by atoms with van der Waals surface area (Å²) >= 11 is 3.71. The van der Waals surface area contributed by atoms with E-state index in [1.807, 2.05) is 30.0 Å². The lowest BCUT2D eigenvalue weighted by molar-refractivity contribution is 0.192. The zero-order chi connectivity index (χ0) is 13.9. The smallest absolute Gasteiger partial charge is 0.0752 e. The molecule has 0 bridgehead atoms. The van der Waals surface area contributed by atoms with Gasteiger partial charge in [0.15, 0.2) is 0 Å². The van der Waals surface area contributed by atoms with Crippen LogP contribution < -0.4 is 0 Å². The monoisotopic (exact) mass is 298 g/mol. The van der Waals surface area contributed by atoms with E-state index in [-0.39, 0.29) is 6.10 Å². The van der Waals surface area contributed by atoms with E-state index in [4.69, 9.17) is 0 Å². The summed E-state index contributed by atoms with van der Waals surface area (Å²) in [6.07, 6.45) is 4.55. The van der Waals surface area contributed by atoms with Crippen molar-refractivity contribution in [1.82, 2.24) is 0 Å². The van der Waals surface area contributed by atoms with Crippen molar-refractivity contribution in [3.05, 3.63) is 30.3 Å². The van der Waals surface area contributed by atoms with Gasteiger partial charge >= 0.3 is 0 Å². The molecule has 0 unspecified atom stereocenters. The summed E-state index contributed by atoms with van der Waals surface area (Å²) in [5.41, 5.74) is 0. The van der Waals surface area contributed by atoms with Gasteiger partial charge in [0.2, 0.25) is 0 Å². The van der Waals surface area contributed by atoms with Crippen LogP contribution in [0.4, 0.5) is 0 Å². The first-order chi connectivity index (χ1) is 9.27. The molecule has 0 radical (unpaired) electrons. The Hall–Kier alpha value is -0.120. The molecule has 1 nitrogen and oxygen atoms in total. The minimum Gasteiger partial charge on any atom is -0.391 e. The first kappa shape index (κ1) is 16.9. The second kappa shape index (κ2) is 10.6. The summed E-state index contributed by atoms with van der Waals surface area (Å²) in [6, 6.07) is 10.3. The molecule has 1 aromatic carbocycles. The van der Waals surface area contributed by atoms with Gasteiger partial charge in [-0.3, -0.25) is 0 Å². The van der Waals surface area contributed by atoms with E-state index in [1.54, 1.807) is 11.8 Å². The minimum absolute atomic E-state index is 0.202. The third-order valence-electron chi connectivity index (χ3n) is 3.00. The third kappa shape index (κ3) is 7.28. The van der Waals surface area contributed by atoms with Gasteiger partial charge in [-0.1, -0.05) is 44.9 Å². The molecule has 0 aliphatic rings. The molecule has 0 fully saturated rings. The van der Waals surface area contributed by atoms with Crippen LogP contribution in [0.25, 0.3) is 0 Å². The first-order valence-corrected chi connectivity index (χ1v) is 9.28. The van der Waals surface area contributed by atoms with Crippen molar-refractivity contribution in [2.45, 2.75) is 55.8 Å². The fraction of sp³-hybridized carbons (Fsp3) is 0.625. The highest BCUT2D eigenvalue weighted by Gasteiger charge is 2.18. The van der Waals surface area contributed by atoms with Crippen LogP contribution in [-0.2, 0) is 0 Å². The molecule has 0 saturated carbocycles. The number of benzene rings is 1. The number of thioether (sulfide) groups is 2. The van der Waals surface area contributed by atoms with E-state index >= 15 is 0 Å². The van der Waals surface area contributed by atoms with Crippen LogP contribution >= 0.6 is 23.5 Å². The quantitative estimate of drug-likeness (QED) is 0.493. The van der Waals surface area contributed by atoms with Crippen LogP contribution in [0.2, 0.25) is 0 Å². The van der Waals surface area contributed by atoms with Gasteiger partial charge in [-0.2, -0.15) is 11.8 Å². The average Bonchev–Trinajstić information content (AvgIpc) is 2.45. The van der Waals surface area contributed by atoms with Crippen molar-refractivity contribution in [2.24, 2.45) is 0 Å². The molecule has 1 aromatic rings. The molecule has 0 heterocycles. The van der Waals surface area contributed by atoms with Crippen molar-refractivity contribution < 1.29 is 5.11 Å². The highest BCUT2D eigenvalue weighted by atomic mass is 32.2. The summed E-state index contributed by atoms with van der Waals surface area (Å²) in [6.45, 7) is 4.42. The van der Waals surface area contributed by atoms with E-state index in [1.165, 1.54) is 23.5 Å². The van der Waals surface area contributed by atoms with Gasteiger partial charge in [0.1, 0.15) is 0 Å². The molecule has 3 heteroatoms. The average molecular weight is 299 g/mol. The molecule has 0 saturated heterocycles. The van der Waals surface area contributed by atoms with Crippen molar-refractivity contribution in [1.29, 1.82) is 0 Å². The maximum absolute atomic E-state index is 10.4. The number of hydrogen-bond donors (Lipinski definition) is 1. The lowest BCUT2D eigenvalue weighted by atomic mass is 10.2. The predicted molar refractivity (Wildman–Crippen MR) is 89.2 cm³/mol. The Bertz CT molecular complexity index is 316. The van der Waals surface area contributed by atoms with Gasteiger partial charge in [0, 0.05) is 15.9 Å². The molecule has 108 valence electrons. The van der Waals surface area contributed by atoms with E-state index in [0.29, 0.717) is 5.25 Å². The van der Waals surface area contributed by atoms with Crippen LogP contribution in [0.15, 0.2) is 35.2 Å². The number of hydrogen-bond acceptors (Lipinski definition) is 3. The Morgan fingerprint density at radius 3 is 2.47 bits per heavy atom. The second-order valence-corrected chi connectivity index (χ2v) is 7.18. The molecule has 2 atom stereocenters. The topological polar surface area (TPSA) is 20.2 Å². The van der Waals surface area contributed by atoms with Gasteiger partial charge in [0.05, 0.1) is 6.10 Å². The van der Waals surface area contributed by atoms with Crippen LogP contribution in [0.3, 0.4) is 0 Å². The molecule has 0 aliphatic carbocycles. The minimum atomic E-state index is -0.202. The van der Waals surface area contributed by atoms with E-state index in [9.17, 15) is 5.11 Å². The Kier molecular flexibility index (Phi) is 9.48. The fourth-order valence-electron chi connectivity index (χ4n) is 1.86. The maximum Gasteiger partial charge on any atom is 0.0752 e. The molecule has 1 rings (SSSR count). The lowest BCUT2D eigenvalue weighted by Crippen LogP contribution is -2.25. The Morgan fingerprint density at radius 1 is 1.11 bits per heavy atom. The number of aliphatic hydroxyl groups excluding tert-OH is 1. The van der Waals surface area contributed by atoms with Gasteiger partial charge in [-0.25, -0.2) is 0 Å². The van der Waals surface area contributed by atoms with Crippen LogP contribution in [0.1, 0.15) is 39.5 Å². The number of rotatable bonds is 10. The van der Waals surface area contributed by atoms with Gasteiger partial charge in [-0.15, -0.1) is 11.8 Å². The van der Waals surface area contributed by atoms with Gasteiger partial charge < -0.3 is 5.11 Å². The molecule has 0 aromatic heterocycles. The highest BCUT2D eigenvalue weighted by Crippen LogP contribution is 2.26. The zero-order valence-electron chi connectivity index (χ0n) is 12.0. The molecular weight excluding hydrogens is 272 g/mol. The number of aliphatic hydroxyl groups is 1. The Balaban J connectivity index is 2.36. The van der Waals surface area contributed by atoms with E-state index < -0.39 is 0 Å². The molecule has 1 N–H and O–H groups in total. The predicted octanol–water partition coefficient (Wildman–Crippen LogP) is 4.84. The van der Waals surface area contributed by atoms with Crippen molar-refractivity contribution in [2.75, 3.05) is 11.5 Å². The zero-order valence-corrected chi connectivity index (χ0v) is 13.7. The first-order valence-electron chi connectivity index (χ1n) is 7.25. The summed E-state index contributed by atoms with van der Waals surface area (Å²) in [5.74, 6) is 1.97. The van der Waals surface area contributed by atoms with Crippen molar-refractivity contribution in [3.8, 4) is 0 Å². The van der Waals surface area contributed by atoms with Gasteiger partial charge in [-0.05, 0) is 30.7 Å². The summed E-state index contributed by atoms with van der Waals surface area (Å²) in [4.78, 5) is 1.25. The van der Waals surface area contributed by atoms with Crippen molar-refractivity contribution in [3.63, 3.8) is 0 Å². The SMILES string of the molecule is CCCCS[C@H](CCC)[C@@H](O)CSc1ccccc1. The largest absolute Gasteiger partial charge is 0.391 e. The van der Waals surface area contributed by atoms with Gasteiger partial charge in [0.25, 0.3) is 0 Å². The van der Waals surface area contributed by atoms with Crippen LogP contribution in [0.5, 0.6) is 0 Å². The third-order valence-corrected chi connectivity index (χ3v) is 5.61. The van der Waals surface area contributed by atoms with E-state index in [2.05, 4.69) is 26.0 Å². The van der Waals surface area contributed by atoms with Crippen LogP contribution in [-0.4, -0.2) is 28.0 Å². The lowest BCUT2D eigenvalue weighted by Gasteiger charge is -2.22. The second-order valence-electron chi connectivity index (χ2n) is 4.74. The molecule has 19 heavy (non-hydrogen) atoms.